The minimum absolute atomic E-state index is 0.0278. The third-order valence-corrected chi connectivity index (χ3v) is 8.68. The number of carbonyl (C=O) groups is 1. The van der Waals surface area contributed by atoms with Crippen LogP contribution in [0.2, 0.25) is 0 Å². The minimum atomic E-state index is -1.09. The number of hydrogen-bond donors (Lipinski definition) is 2. The molecule has 1 fully saturated rings. The molecule has 186 valence electrons. The molecule has 2 heterocycles. The summed E-state index contributed by atoms with van der Waals surface area (Å²) in [7, 11) is 2.92. The molecule has 2 aromatic carbocycles. The van der Waals surface area contributed by atoms with E-state index in [1.165, 1.54) is 18.2 Å². The summed E-state index contributed by atoms with van der Waals surface area (Å²) < 4.78 is 10.4. The van der Waals surface area contributed by atoms with E-state index in [1.54, 1.807) is 13.2 Å². The van der Waals surface area contributed by atoms with Crippen molar-refractivity contribution in [2.24, 2.45) is 0 Å². The summed E-state index contributed by atoms with van der Waals surface area (Å²) in [5.41, 5.74) is 2.95. The molecule has 0 radical (unpaired) electrons. The molecule has 3 atom stereocenters. The van der Waals surface area contributed by atoms with Crippen LogP contribution in [0.1, 0.15) is 44.7 Å². The van der Waals surface area contributed by atoms with E-state index in [0.717, 1.165) is 42.1 Å². The second-order valence-electron chi connectivity index (χ2n) is 10.3. The third-order valence-electron chi connectivity index (χ3n) is 8.68. The molecule has 36 heavy (non-hydrogen) atoms. The number of methoxy groups -OCH3 is 2. The second kappa shape index (κ2) is 8.32. The van der Waals surface area contributed by atoms with Crippen LogP contribution in [-0.2, 0) is 36.0 Å². The molecule has 6 rings (SSSR count). The van der Waals surface area contributed by atoms with E-state index in [0.29, 0.717) is 19.3 Å². The zero-order valence-electron chi connectivity index (χ0n) is 20.5. The maximum Gasteiger partial charge on any atom is 0.343 e. The van der Waals surface area contributed by atoms with Gasteiger partial charge in [0.2, 0.25) is 0 Å². The van der Waals surface area contributed by atoms with E-state index >= 15 is 0 Å². The molecule has 0 unspecified atom stereocenters. The summed E-state index contributed by atoms with van der Waals surface area (Å²) in [6, 6.07) is 18.0. The number of aliphatic hydroxyl groups is 1. The fraction of sp³-hybridized carbons (Fsp3) is 0.379. The van der Waals surface area contributed by atoms with Gasteiger partial charge in [0.05, 0.1) is 19.8 Å². The first-order valence-electron chi connectivity index (χ1n) is 12.4. The summed E-state index contributed by atoms with van der Waals surface area (Å²) >= 11 is 0. The third kappa shape index (κ3) is 3.26. The van der Waals surface area contributed by atoms with Crippen molar-refractivity contribution in [3.05, 3.63) is 98.5 Å². The van der Waals surface area contributed by atoms with Gasteiger partial charge < -0.3 is 19.6 Å². The summed E-state index contributed by atoms with van der Waals surface area (Å²) in [5, 5.41) is 12.7. The number of carbonyl (C=O) groups excluding carboxylic acids is 1. The molecule has 1 saturated heterocycles. The van der Waals surface area contributed by atoms with Gasteiger partial charge >= 0.3 is 5.97 Å². The molecule has 2 N–H and O–H groups in total. The smallest absolute Gasteiger partial charge is 0.343 e. The van der Waals surface area contributed by atoms with Gasteiger partial charge in [-0.25, -0.2) is 4.79 Å². The molecule has 1 aromatic heterocycles. The number of nitrogens with one attached hydrogen (secondary N) is 1. The van der Waals surface area contributed by atoms with Gasteiger partial charge in [0.1, 0.15) is 11.3 Å². The summed E-state index contributed by atoms with van der Waals surface area (Å²) in [6.45, 7) is 1.58. The van der Waals surface area contributed by atoms with Gasteiger partial charge in [-0.1, -0.05) is 36.4 Å². The van der Waals surface area contributed by atoms with Crippen LogP contribution in [0.25, 0.3) is 0 Å². The lowest BCUT2D eigenvalue weighted by molar-refractivity contribution is -0.153. The summed E-state index contributed by atoms with van der Waals surface area (Å²) in [5.74, 6) is 0.0897. The molecular weight excluding hydrogens is 456 g/mol. The highest BCUT2D eigenvalue weighted by Crippen LogP contribution is 2.57. The van der Waals surface area contributed by atoms with Gasteiger partial charge in [0, 0.05) is 36.5 Å². The molecular formula is C29H30N2O5. The van der Waals surface area contributed by atoms with Gasteiger partial charge in [-0.05, 0) is 59.8 Å². The Hall–Kier alpha value is -3.42. The fourth-order valence-electron chi connectivity index (χ4n) is 6.92. The van der Waals surface area contributed by atoms with Gasteiger partial charge in [-0.2, -0.15) is 0 Å². The Labute approximate surface area is 209 Å². The number of aromatic nitrogens is 1. The van der Waals surface area contributed by atoms with Crippen LogP contribution in [0.3, 0.4) is 0 Å². The Morgan fingerprint density at radius 1 is 1.11 bits per heavy atom. The number of likely N-dealkylation sites (tertiary alicyclic amines) is 1. The lowest BCUT2D eigenvalue weighted by Crippen LogP contribution is -2.74. The molecule has 3 aromatic rings. The Morgan fingerprint density at radius 2 is 1.92 bits per heavy atom. The first-order chi connectivity index (χ1) is 17.4. The SMILES string of the molecule is COC(=O)c1cc2c([nH]c1=O)C[C@]13CCN(Cc4ccccc4)[C@H](Cc4ccc(OC)cc41)[C@]3(O)C2. The lowest BCUT2D eigenvalue weighted by Gasteiger charge is -2.63. The first kappa shape index (κ1) is 23.0. The quantitative estimate of drug-likeness (QED) is 0.551. The normalized spacial score (nSPS) is 26.4. The number of pyridine rings is 1. The topological polar surface area (TPSA) is 91.9 Å². The molecule has 0 saturated carbocycles. The number of H-pyrrole nitrogens is 1. The average Bonchev–Trinajstić information content (AvgIpc) is 2.89. The van der Waals surface area contributed by atoms with Crippen molar-refractivity contribution in [2.45, 2.75) is 49.3 Å². The number of benzene rings is 2. The standard InChI is InChI=1S/C29H30N2O5/c1-35-21-9-8-19-13-25-29(34)15-20-12-22(27(33)36-2)26(32)30-24(20)16-28(29,23(19)14-21)10-11-31(25)17-18-6-4-3-5-7-18/h3-9,12,14,25,34H,10-11,13,15-17H2,1-2H3,(H,30,32)/t25-,28-,29-/m1/s1. The highest BCUT2D eigenvalue weighted by atomic mass is 16.5. The molecule has 0 spiro atoms. The lowest BCUT2D eigenvalue weighted by atomic mass is 9.49. The fourth-order valence-corrected chi connectivity index (χ4v) is 6.92. The summed E-state index contributed by atoms with van der Waals surface area (Å²) in [6.07, 6.45) is 2.29. The molecule has 7 nitrogen and oxygen atoms in total. The van der Waals surface area contributed by atoms with Crippen molar-refractivity contribution >= 4 is 5.97 Å². The number of aromatic amines is 1. The Kier molecular flexibility index (Phi) is 5.32. The molecule has 2 aliphatic carbocycles. The van der Waals surface area contributed by atoms with E-state index in [4.69, 9.17) is 9.47 Å². The van der Waals surface area contributed by atoms with Gasteiger partial charge in [-0.3, -0.25) is 9.69 Å². The Bertz CT molecular complexity index is 1400. The highest BCUT2D eigenvalue weighted by molar-refractivity contribution is 5.89. The predicted octanol–water partition coefficient (Wildman–Crippen LogP) is 2.77. The largest absolute Gasteiger partial charge is 0.497 e. The van der Waals surface area contributed by atoms with Crippen LogP contribution < -0.4 is 10.3 Å². The predicted molar refractivity (Wildman–Crippen MR) is 134 cm³/mol. The number of piperidine rings is 1. The number of hydrogen-bond acceptors (Lipinski definition) is 6. The average molecular weight is 487 g/mol. The number of esters is 1. The zero-order chi connectivity index (χ0) is 25.1. The van der Waals surface area contributed by atoms with E-state index in [-0.39, 0.29) is 11.6 Å². The van der Waals surface area contributed by atoms with Crippen molar-refractivity contribution in [2.75, 3.05) is 20.8 Å². The van der Waals surface area contributed by atoms with Crippen LogP contribution in [0.5, 0.6) is 5.75 Å². The van der Waals surface area contributed by atoms with E-state index < -0.39 is 22.5 Å². The number of ether oxygens (including phenoxy) is 2. The van der Waals surface area contributed by atoms with Crippen LogP contribution >= 0.6 is 0 Å². The molecule has 1 aliphatic heterocycles. The van der Waals surface area contributed by atoms with Gasteiger partial charge in [-0.15, -0.1) is 0 Å². The van der Waals surface area contributed by atoms with E-state index in [2.05, 4.69) is 34.1 Å². The maximum atomic E-state index is 12.8. The van der Waals surface area contributed by atoms with Crippen molar-refractivity contribution in [3.8, 4) is 5.75 Å². The number of fused-ring (bicyclic) bond motifs is 2. The van der Waals surface area contributed by atoms with Crippen molar-refractivity contribution < 1.29 is 19.4 Å². The van der Waals surface area contributed by atoms with Crippen LogP contribution in [0.15, 0.2) is 59.4 Å². The highest BCUT2D eigenvalue weighted by Gasteiger charge is 2.64. The monoisotopic (exact) mass is 486 g/mol. The molecule has 0 amide bonds. The molecule has 7 heteroatoms. The van der Waals surface area contributed by atoms with E-state index in [1.807, 2.05) is 24.3 Å². The van der Waals surface area contributed by atoms with Crippen molar-refractivity contribution in [3.63, 3.8) is 0 Å². The van der Waals surface area contributed by atoms with Crippen molar-refractivity contribution in [1.29, 1.82) is 0 Å². The van der Waals surface area contributed by atoms with Crippen LogP contribution in [-0.4, -0.2) is 53.4 Å². The zero-order valence-corrected chi connectivity index (χ0v) is 20.5. The molecule has 2 bridgehead atoms. The second-order valence-corrected chi connectivity index (χ2v) is 10.3. The first-order valence-corrected chi connectivity index (χ1v) is 12.4. The van der Waals surface area contributed by atoms with Crippen LogP contribution in [0.4, 0.5) is 0 Å². The maximum absolute atomic E-state index is 12.8. The minimum Gasteiger partial charge on any atom is -0.497 e. The van der Waals surface area contributed by atoms with Crippen LogP contribution in [0, 0.1) is 0 Å². The Balaban J connectivity index is 1.51. The number of rotatable bonds is 4. The summed E-state index contributed by atoms with van der Waals surface area (Å²) in [4.78, 5) is 30.4. The van der Waals surface area contributed by atoms with Gasteiger partial charge in [0.25, 0.3) is 5.56 Å². The van der Waals surface area contributed by atoms with Gasteiger partial charge in [0.15, 0.2) is 0 Å². The molecule has 3 aliphatic rings. The van der Waals surface area contributed by atoms with Crippen molar-refractivity contribution in [1.82, 2.24) is 9.88 Å². The number of nitrogens with zero attached hydrogens (tertiary/aromatic N) is 1. The Morgan fingerprint density at radius 3 is 2.67 bits per heavy atom. The van der Waals surface area contributed by atoms with E-state index in [9.17, 15) is 14.7 Å².